The molecule has 1 heterocycles. The van der Waals surface area contributed by atoms with Gasteiger partial charge in [0.2, 0.25) is 0 Å². The van der Waals surface area contributed by atoms with Crippen LogP contribution in [0.4, 0.5) is 5.82 Å². The first-order chi connectivity index (χ1) is 8.74. The summed E-state index contributed by atoms with van der Waals surface area (Å²) in [6.45, 7) is 3.52. The van der Waals surface area contributed by atoms with Crippen LogP contribution in [-0.4, -0.2) is 34.1 Å². The number of nitrogens with two attached hydrogens (primary N) is 1. The van der Waals surface area contributed by atoms with Crippen LogP contribution in [0.25, 0.3) is 0 Å². The lowest BCUT2D eigenvalue weighted by Gasteiger charge is -2.31. The first-order valence-corrected chi connectivity index (χ1v) is 6.34. The zero-order valence-electron chi connectivity index (χ0n) is 10.6. The van der Waals surface area contributed by atoms with E-state index in [4.69, 9.17) is 5.84 Å². The molecule has 6 nitrogen and oxygen atoms in total. The smallest absolute Gasteiger partial charge is 0.274 e. The van der Waals surface area contributed by atoms with Gasteiger partial charge in [0.15, 0.2) is 11.5 Å². The van der Waals surface area contributed by atoms with Crippen LogP contribution in [-0.2, 0) is 0 Å². The van der Waals surface area contributed by atoms with Crippen molar-refractivity contribution in [2.24, 2.45) is 11.8 Å². The van der Waals surface area contributed by atoms with Crippen molar-refractivity contribution in [3.63, 3.8) is 0 Å². The SMILES string of the molecule is CCN(CC1CCC1)C(=O)c1ccc(NN)nn1. The van der Waals surface area contributed by atoms with Gasteiger partial charge in [0, 0.05) is 13.1 Å². The Morgan fingerprint density at radius 1 is 1.50 bits per heavy atom. The molecule has 1 fully saturated rings. The fourth-order valence-corrected chi connectivity index (χ4v) is 2.03. The minimum absolute atomic E-state index is 0.0551. The maximum absolute atomic E-state index is 12.2. The Hall–Kier alpha value is -1.69. The van der Waals surface area contributed by atoms with Gasteiger partial charge in [-0.15, -0.1) is 10.2 Å². The molecule has 0 aliphatic heterocycles. The maximum Gasteiger partial charge on any atom is 0.274 e. The van der Waals surface area contributed by atoms with E-state index in [2.05, 4.69) is 15.6 Å². The van der Waals surface area contributed by atoms with Gasteiger partial charge in [-0.2, -0.15) is 0 Å². The molecule has 18 heavy (non-hydrogen) atoms. The number of carbonyl (C=O) groups is 1. The lowest BCUT2D eigenvalue weighted by atomic mass is 9.85. The Balaban J connectivity index is 2.02. The third-order valence-corrected chi connectivity index (χ3v) is 3.40. The number of amides is 1. The molecule has 6 heteroatoms. The van der Waals surface area contributed by atoms with Crippen LogP contribution >= 0.6 is 0 Å². The summed E-state index contributed by atoms with van der Waals surface area (Å²) in [5.74, 6) is 6.26. The summed E-state index contributed by atoms with van der Waals surface area (Å²) < 4.78 is 0. The Morgan fingerprint density at radius 2 is 2.28 bits per heavy atom. The topological polar surface area (TPSA) is 84.1 Å². The molecule has 0 spiro atoms. The molecule has 0 unspecified atom stereocenters. The lowest BCUT2D eigenvalue weighted by Crippen LogP contribution is -2.37. The number of rotatable bonds is 5. The molecule has 0 aromatic carbocycles. The highest BCUT2D eigenvalue weighted by Crippen LogP contribution is 2.27. The first kappa shape index (κ1) is 12.8. The molecule has 3 N–H and O–H groups in total. The second-order valence-electron chi connectivity index (χ2n) is 4.59. The van der Waals surface area contributed by atoms with E-state index in [0.717, 1.165) is 6.54 Å². The number of nitrogens with zero attached hydrogens (tertiary/aromatic N) is 3. The van der Waals surface area contributed by atoms with Crippen molar-refractivity contribution in [1.29, 1.82) is 0 Å². The molecule has 0 atom stereocenters. The summed E-state index contributed by atoms with van der Waals surface area (Å²) in [4.78, 5) is 14.1. The average Bonchev–Trinajstić information content (AvgIpc) is 2.37. The zero-order valence-corrected chi connectivity index (χ0v) is 10.6. The second kappa shape index (κ2) is 5.77. The van der Waals surface area contributed by atoms with Crippen LogP contribution in [0.3, 0.4) is 0 Å². The van der Waals surface area contributed by atoms with Gasteiger partial charge in [0.05, 0.1) is 0 Å². The van der Waals surface area contributed by atoms with E-state index < -0.39 is 0 Å². The van der Waals surface area contributed by atoms with Gasteiger partial charge in [0.25, 0.3) is 5.91 Å². The summed E-state index contributed by atoms with van der Waals surface area (Å²) in [5.41, 5.74) is 2.76. The monoisotopic (exact) mass is 249 g/mol. The van der Waals surface area contributed by atoms with E-state index in [0.29, 0.717) is 24.0 Å². The van der Waals surface area contributed by atoms with Crippen molar-refractivity contribution in [3.05, 3.63) is 17.8 Å². The van der Waals surface area contributed by atoms with Gasteiger partial charge in [-0.3, -0.25) is 4.79 Å². The minimum atomic E-state index is -0.0551. The van der Waals surface area contributed by atoms with Crippen LogP contribution in [0.1, 0.15) is 36.7 Å². The van der Waals surface area contributed by atoms with Crippen molar-refractivity contribution in [3.8, 4) is 0 Å². The number of hydrazine groups is 1. The van der Waals surface area contributed by atoms with Crippen LogP contribution in [0.15, 0.2) is 12.1 Å². The third-order valence-electron chi connectivity index (χ3n) is 3.40. The Bertz CT molecular complexity index is 401. The fourth-order valence-electron chi connectivity index (χ4n) is 2.03. The lowest BCUT2D eigenvalue weighted by molar-refractivity contribution is 0.0699. The molecule has 98 valence electrons. The number of hydrogen-bond donors (Lipinski definition) is 2. The number of carbonyl (C=O) groups excluding carboxylic acids is 1. The van der Waals surface area contributed by atoms with E-state index in [1.807, 2.05) is 11.8 Å². The molecule has 1 saturated carbocycles. The van der Waals surface area contributed by atoms with Gasteiger partial charge in [-0.1, -0.05) is 6.42 Å². The van der Waals surface area contributed by atoms with E-state index in [1.54, 1.807) is 12.1 Å². The molecule has 0 bridgehead atoms. The van der Waals surface area contributed by atoms with Gasteiger partial charge in [-0.25, -0.2) is 5.84 Å². The van der Waals surface area contributed by atoms with Crippen molar-refractivity contribution in [2.45, 2.75) is 26.2 Å². The largest absolute Gasteiger partial charge is 0.337 e. The minimum Gasteiger partial charge on any atom is -0.337 e. The maximum atomic E-state index is 12.2. The summed E-state index contributed by atoms with van der Waals surface area (Å²) in [6, 6.07) is 3.30. The van der Waals surface area contributed by atoms with Crippen molar-refractivity contribution in [1.82, 2.24) is 15.1 Å². The molecule has 2 rings (SSSR count). The van der Waals surface area contributed by atoms with E-state index in [-0.39, 0.29) is 5.91 Å². The van der Waals surface area contributed by atoms with Gasteiger partial charge in [0.1, 0.15) is 0 Å². The number of hydrogen-bond acceptors (Lipinski definition) is 5. The van der Waals surface area contributed by atoms with Gasteiger partial charge >= 0.3 is 0 Å². The van der Waals surface area contributed by atoms with Crippen molar-refractivity contribution in [2.75, 3.05) is 18.5 Å². The third kappa shape index (κ3) is 2.76. The highest BCUT2D eigenvalue weighted by Gasteiger charge is 2.24. The number of nitrogen functional groups attached to an aromatic ring is 1. The summed E-state index contributed by atoms with van der Waals surface area (Å²) in [5, 5.41) is 7.70. The summed E-state index contributed by atoms with van der Waals surface area (Å²) >= 11 is 0. The predicted octanol–water partition coefficient (Wildman–Crippen LogP) is 1.02. The zero-order chi connectivity index (χ0) is 13.0. The molecular formula is C12H19N5O. The Labute approximate surface area is 107 Å². The average molecular weight is 249 g/mol. The number of nitrogens with one attached hydrogen (secondary N) is 1. The van der Waals surface area contributed by atoms with Crippen molar-refractivity contribution < 1.29 is 4.79 Å². The van der Waals surface area contributed by atoms with E-state index in [9.17, 15) is 4.79 Å². The van der Waals surface area contributed by atoms with Crippen LogP contribution in [0, 0.1) is 5.92 Å². The number of aromatic nitrogens is 2. The van der Waals surface area contributed by atoms with Gasteiger partial charge < -0.3 is 10.3 Å². The summed E-state index contributed by atoms with van der Waals surface area (Å²) in [6.07, 6.45) is 3.74. The van der Waals surface area contributed by atoms with E-state index in [1.165, 1.54) is 19.3 Å². The fraction of sp³-hybridized carbons (Fsp3) is 0.583. The molecule has 1 aromatic rings. The number of anilines is 1. The van der Waals surface area contributed by atoms with Gasteiger partial charge in [-0.05, 0) is 37.8 Å². The molecule has 1 amide bonds. The molecule has 1 aromatic heterocycles. The Kier molecular flexibility index (Phi) is 4.09. The van der Waals surface area contributed by atoms with Crippen LogP contribution < -0.4 is 11.3 Å². The quantitative estimate of drug-likeness (QED) is 0.601. The normalized spacial score (nSPS) is 15.0. The Morgan fingerprint density at radius 3 is 2.72 bits per heavy atom. The standard InChI is InChI=1S/C12H19N5O/c1-2-17(8-9-4-3-5-9)12(18)10-6-7-11(14-13)16-15-10/h6-7,9H,2-5,8,13H2,1H3,(H,14,16). The highest BCUT2D eigenvalue weighted by atomic mass is 16.2. The highest BCUT2D eigenvalue weighted by molar-refractivity contribution is 5.92. The molecule has 1 aliphatic rings. The van der Waals surface area contributed by atoms with Crippen LogP contribution in [0.5, 0.6) is 0 Å². The predicted molar refractivity (Wildman–Crippen MR) is 68.8 cm³/mol. The molecule has 0 saturated heterocycles. The first-order valence-electron chi connectivity index (χ1n) is 6.34. The summed E-state index contributed by atoms with van der Waals surface area (Å²) in [7, 11) is 0. The van der Waals surface area contributed by atoms with Crippen LogP contribution in [0.2, 0.25) is 0 Å². The molecule has 0 radical (unpaired) electrons. The molecule has 1 aliphatic carbocycles. The molecular weight excluding hydrogens is 230 g/mol. The van der Waals surface area contributed by atoms with E-state index >= 15 is 0 Å². The second-order valence-corrected chi connectivity index (χ2v) is 4.59. The van der Waals surface area contributed by atoms with Crippen molar-refractivity contribution >= 4 is 11.7 Å².